The third-order valence-electron chi connectivity index (χ3n) is 6.76. The van der Waals surface area contributed by atoms with Crippen molar-refractivity contribution in [2.24, 2.45) is 0 Å². The third kappa shape index (κ3) is 4.66. The van der Waals surface area contributed by atoms with Crippen molar-refractivity contribution >= 4 is 39.3 Å². The molecule has 172 valence electrons. The maximum absolute atomic E-state index is 12.4. The summed E-state index contributed by atoms with van der Waals surface area (Å²) in [5, 5.41) is 1.28. The lowest BCUT2D eigenvalue weighted by atomic mass is 10.1. The number of hydrogen-bond donors (Lipinski definition) is 0. The number of aromatic nitrogens is 1. The summed E-state index contributed by atoms with van der Waals surface area (Å²) in [7, 11) is 0. The van der Waals surface area contributed by atoms with E-state index in [1.807, 2.05) is 12.1 Å². The van der Waals surface area contributed by atoms with Crippen LogP contribution in [0.1, 0.15) is 52.8 Å². The van der Waals surface area contributed by atoms with Crippen molar-refractivity contribution < 1.29 is 9.59 Å². The van der Waals surface area contributed by atoms with Crippen LogP contribution in [0.2, 0.25) is 0 Å². The molecule has 0 spiro atoms. The van der Waals surface area contributed by atoms with Gasteiger partial charge in [0.15, 0.2) is 0 Å². The first kappa shape index (κ1) is 22.0. The van der Waals surface area contributed by atoms with Crippen LogP contribution in [0, 0.1) is 0 Å². The van der Waals surface area contributed by atoms with Crippen molar-refractivity contribution in [3.8, 4) is 0 Å². The fourth-order valence-electron chi connectivity index (χ4n) is 4.86. The number of amides is 2. The highest BCUT2D eigenvalue weighted by Gasteiger charge is 2.34. The predicted molar refractivity (Wildman–Crippen MR) is 133 cm³/mol. The van der Waals surface area contributed by atoms with Crippen LogP contribution in [0.5, 0.6) is 0 Å². The smallest absolute Gasteiger partial charge is 0.261 e. The van der Waals surface area contributed by atoms with Gasteiger partial charge in [0, 0.05) is 38.1 Å². The van der Waals surface area contributed by atoms with Crippen LogP contribution in [0.25, 0.3) is 10.1 Å². The first-order valence-electron chi connectivity index (χ1n) is 12.0. The van der Waals surface area contributed by atoms with Gasteiger partial charge in [0.1, 0.15) is 5.82 Å². The molecular formula is C26H30N4O2S. The molecule has 1 fully saturated rings. The SMILES string of the molecule is O=C1c2ccccc2C(=O)N1CCCCCCCN1CCN(c2nsc3ccccc23)CC1. The summed E-state index contributed by atoms with van der Waals surface area (Å²) in [6.07, 6.45) is 5.48. The number of nitrogens with zero attached hydrogens (tertiary/aromatic N) is 4. The van der Waals surface area contributed by atoms with Crippen LogP contribution in [0.15, 0.2) is 48.5 Å². The van der Waals surface area contributed by atoms with E-state index in [0.29, 0.717) is 17.7 Å². The zero-order chi connectivity index (χ0) is 22.6. The fraction of sp³-hybridized carbons (Fsp3) is 0.423. The molecule has 3 heterocycles. The second-order valence-corrected chi connectivity index (χ2v) is 9.71. The van der Waals surface area contributed by atoms with Crippen molar-refractivity contribution in [3.05, 3.63) is 59.7 Å². The van der Waals surface area contributed by atoms with E-state index in [-0.39, 0.29) is 11.8 Å². The summed E-state index contributed by atoms with van der Waals surface area (Å²) in [6.45, 7) is 5.92. The first-order chi connectivity index (χ1) is 16.2. The molecule has 2 aliphatic rings. The van der Waals surface area contributed by atoms with Gasteiger partial charge < -0.3 is 4.90 Å². The Balaban J connectivity index is 0.967. The summed E-state index contributed by atoms with van der Waals surface area (Å²) < 4.78 is 5.96. The molecule has 6 nitrogen and oxygen atoms in total. The minimum absolute atomic E-state index is 0.139. The molecule has 2 aromatic carbocycles. The van der Waals surface area contributed by atoms with Gasteiger partial charge in [-0.05, 0) is 55.2 Å². The number of piperazine rings is 1. The normalized spacial score (nSPS) is 16.7. The van der Waals surface area contributed by atoms with Crippen molar-refractivity contribution in [1.82, 2.24) is 14.2 Å². The summed E-state index contributed by atoms with van der Waals surface area (Å²) >= 11 is 1.59. The summed E-state index contributed by atoms with van der Waals surface area (Å²) in [5.41, 5.74) is 1.09. The molecule has 7 heteroatoms. The predicted octanol–water partition coefficient (Wildman–Crippen LogP) is 4.67. The first-order valence-corrected chi connectivity index (χ1v) is 12.8. The Kier molecular flexibility index (Phi) is 6.69. The molecule has 0 unspecified atom stereocenters. The van der Waals surface area contributed by atoms with E-state index < -0.39 is 0 Å². The largest absolute Gasteiger partial charge is 0.353 e. The summed E-state index contributed by atoms with van der Waals surface area (Å²) in [6, 6.07) is 15.6. The Labute approximate surface area is 199 Å². The topological polar surface area (TPSA) is 56.8 Å². The Hall–Kier alpha value is -2.77. The molecule has 0 N–H and O–H groups in total. The zero-order valence-corrected chi connectivity index (χ0v) is 19.7. The van der Waals surface area contributed by atoms with Crippen molar-refractivity contribution in [3.63, 3.8) is 0 Å². The van der Waals surface area contributed by atoms with E-state index in [0.717, 1.165) is 57.8 Å². The van der Waals surface area contributed by atoms with Gasteiger partial charge in [-0.2, -0.15) is 4.37 Å². The van der Waals surface area contributed by atoms with Crippen LogP contribution in [0.4, 0.5) is 5.82 Å². The average molecular weight is 463 g/mol. The van der Waals surface area contributed by atoms with Crippen LogP contribution >= 0.6 is 11.5 Å². The van der Waals surface area contributed by atoms with Crippen LogP contribution < -0.4 is 4.90 Å². The number of imide groups is 1. The second kappa shape index (κ2) is 10.0. The molecule has 2 aliphatic heterocycles. The lowest BCUT2D eigenvalue weighted by Gasteiger charge is -2.35. The van der Waals surface area contributed by atoms with Gasteiger partial charge in [0.2, 0.25) is 0 Å². The van der Waals surface area contributed by atoms with E-state index in [2.05, 4.69) is 34.1 Å². The van der Waals surface area contributed by atoms with Crippen molar-refractivity contribution in [2.45, 2.75) is 32.1 Å². The van der Waals surface area contributed by atoms with E-state index in [1.54, 1.807) is 23.7 Å². The standard InChI is InChI=1S/C26H30N4O2S/c31-25-20-10-4-5-11-21(20)26(32)30(25)15-9-3-1-2-8-14-28-16-18-29(19-17-28)24-22-12-6-7-13-23(22)33-27-24/h4-7,10-13H,1-3,8-9,14-19H2. The minimum Gasteiger partial charge on any atom is -0.353 e. The van der Waals surface area contributed by atoms with Gasteiger partial charge in [-0.3, -0.25) is 19.4 Å². The van der Waals surface area contributed by atoms with Crippen LogP contribution in [-0.4, -0.2) is 65.3 Å². The van der Waals surface area contributed by atoms with E-state index in [4.69, 9.17) is 4.37 Å². The van der Waals surface area contributed by atoms with E-state index in [9.17, 15) is 9.59 Å². The monoisotopic (exact) mass is 462 g/mol. The Bertz CT molecular complexity index is 1100. The fourth-order valence-corrected chi connectivity index (χ4v) is 5.66. The second-order valence-electron chi connectivity index (χ2n) is 8.91. The number of rotatable bonds is 9. The molecular weight excluding hydrogens is 432 g/mol. The molecule has 0 saturated carbocycles. The Morgan fingerprint density at radius 2 is 1.33 bits per heavy atom. The molecule has 1 saturated heterocycles. The number of carbonyl (C=O) groups is 2. The number of fused-ring (bicyclic) bond motifs is 2. The van der Waals surface area contributed by atoms with Gasteiger partial charge in [-0.15, -0.1) is 0 Å². The van der Waals surface area contributed by atoms with Gasteiger partial charge in [-0.1, -0.05) is 43.5 Å². The molecule has 2 amide bonds. The summed E-state index contributed by atoms with van der Waals surface area (Å²) in [5.74, 6) is 0.870. The van der Waals surface area contributed by atoms with Gasteiger partial charge in [0.25, 0.3) is 11.8 Å². The molecule has 0 bridgehead atoms. The van der Waals surface area contributed by atoms with E-state index >= 15 is 0 Å². The van der Waals surface area contributed by atoms with Gasteiger partial charge in [0.05, 0.1) is 15.8 Å². The van der Waals surface area contributed by atoms with E-state index in [1.165, 1.54) is 27.8 Å². The van der Waals surface area contributed by atoms with Crippen LogP contribution in [0.3, 0.4) is 0 Å². The average Bonchev–Trinajstić information content (AvgIpc) is 3.39. The molecule has 0 aliphatic carbocycles. The molecule has 5 rings (SSSR count). The highest BCUT2D eigenvalue weighted by atomic mass is 32.1. The molecule has 1 aromatic heterocycles. The highest BCUT2D eigenvalue weighted by molar-refractivity contribution is 7.13. The van der Waals surface area contributed by atoms with Gasteiger partial charge in [-0.25, -0.2) is 0 Å². The number of carbonyl (C=O) groups excluding carboxylic acids is 2. The maximum atomic E-state index is 12.4. The zero-order valence-electron chi connectivity index (χ0n) is 18.9. The molecule has 0 atom stereocenters. The van der Waals surface area contributed by atoms with Crippen molar-refractivity contribution in [2.75, 3.05) is 44.2 Å². The Morgan fingerprint density at radius 1 is 0.727 bits per heavy atom. The van der Waals surface area contributed by atoms with Crippen molar-refractivity contribution in [1.29, 1.82) is 0 Å². The molecule has 33 heavy (non-hydrogen) atoms. The highest BCUT2D eigenvalue weighted by Crippen LogP contribution is 2.30. The number of unbranched alkanes of at least 4 members (excludes halogenated alkanes) is 4. The number of benzene rings is 2. The quantitative estimate of drug-likeness (QED) is 0.342. The lowest BCUT2D eigenvalue weighted by Crippen LogP contribution is -2.46. The number of anilines is 1. The maximum Gasteiger partial charge on any atom is 0.261 e. The molecule has 3 aromatic rings. The van der Waals surface area contributed by atoms with Crippen LogP contribution in [-0.2, 0) is 0 Å². The summed E-state index contributed by atoms with van der Waals surface area (Å²) in [4.78, 5) is 31.2. The lowest BCUT2D eigenvalue weighted by molar-refractivity contribution is 0.0651. The van der Waals surface area contributed by atoms with Gasteiger partial charge >= 0.3 is 0 Å². The minimum atomic E-state index is -0.139. The Morgan fingerprint density at radius 3 is 2.06 bits per heavy atom. The molecule has 0 radical (unpaired) electrons. The number of hydrogen-bond acceptors (Lipinski definition) is 6. The third-order valence-corrected chi connectivity index (χ3v) is 7.58.